The summed E-state index contributed by atoms with van der Waals surface area (Å²) < 4.78 is 5.60. The number of hydrogen-bond acceptors (Lipinski definition) is 2. The van der Waals surface area contributed by atoms with E-state index < -0.39 is 0 Å². The fourth-order valence-corrected chi connectivity index (χ4v) is 2.70. The number of halogens is 1. The molecule has 0 aromatic heterocycles. The van der Waals surface area contributed by atoms with Crippen LogP contribution in [0.25, 0.3) is 0 Å². The Morgan fingerprint density at radius 1 is 1.38 bits per heavy atom. The minimum absolute atomic E-state index is 0.290. The highest BCUT2D eigenvalue weighted by Crippen LogP contribution is 2.26. The first-order valence-electron chi connectivity index (χ1n) is 6.64. The average Bonchev–Trinajstić information content (AvgIpc) is 2.83. The topological polar surface area (TPSA) is 21.3 Å². The van der Waals surface area contributed by atoms with E-state index in [0.29, 0.717) is 6.10 Å². The van der Waals surface area contributed by atoms with E-state index in [1.165, 1.54) is 12.8 Å². The number of alkyl halides is 1. The zero-order chi connectivity index (χ0) is 11.9. The molecule has 1 N–H and O–H groups in total. The van der Waals surface area contributed by atoms with E-state index in [1.807, 2.05) is 0 Å². The number of nitrogens with one attached hydrogen (secondary N) is 1. The van der Waals surface area contributed by atoms with Gasteiger partial charge in [0.15, 0.2) is 0 Å². The van der Waals surface area contributed by atoms with Crippen LogP contribution >= 0.6 is 11.6 Å². The largest absolute Gasteiger partial charge is 0.378 e. The van der Waals surface area contributed by atoms with Gasteiger partial charge in [0.25, 0.3) is 0 Å². The van der Waals surface area contributed by atoms with Crippen molar-refractivity contribution >= 4 is 11.6 Å². The van der Waals surface area contributed by atoms with Crippen molar-refractivity contribution in [1.82, 2.24) is 5.32 Å². The van der Waals surface area contributed by atoms with Crippen LogP contribution in [0.3, 0.4) is 0 Å². The van der Waals surface area contributed by atoms with E-state index in [2.05, 4.69) is 19.2 Å². The van der Waals surface area contributed by atoms with Gasteiger partial charge in [-0.1, -0.05) is 13.8 Å². The SMILES string of the molecule is CCC(CC)(CCl)CNCCC1CCCO1. The van der Waals surface area contributed by atoms with Crippen molar-refractivity contribution in [3.63, 3.8) is 0 Å². The van der Waals surface area contributed by atoms with Crippen molar-refractivity contribution < 1.29 is 4.74 Å². The van der Waals surface area contributed by atoms with Crippen LogP contribution in [0, 0.1) is 5.41 Å². The molecule has 0 aliphatic carbocycles. The maximum absolute atomic E-state index is 6.07. The quantitative estimate of drug-likeness (QED) is 0.526. The van der Waals surface area contributed by atoms with E-state index in [9.17, 15) is 0 Å². The normalized spacial score (nSPS) is 21.6. The van der Waals surface area contributed by atoms with Crippen LogP contribution in [-0.4, -0.2) is 31.7 Å². The first-order valence-corrected chi connectivity index (χ1v) is 7.18. The molecule has 1 unspecified atom stereocenters. The van der Waals surface area contributed by atoms with Crippen molar-refractivity contribution in [2.24, 2.45) is 5.41 Å². The molecule has 96 valence electrons. The summed E-state index contributed by atoms with van der Waals surface area (Å²) in [5, 5.41) is 3.54. The van der Waals surface area contributed by atoms with Gasteiger partial charge in [0, 0.05) is 19.0 Å². The Balaban J connectivity index is 2.12. The van der Waals surface area contributed by atoms with Gasteiger partial charge in [-0.25, -0.2) is 0 Å². The standard InChI is InChI=1S/C13H26ClNO/c1-3-13(4-2,10-14)11-15-8-7-12-6-5-9-16-12/h12,15H,3-11H2,1-2H3. The summed E-state index contributed by atoms with van der Waals surface area (Å²) in [4.78, 5) is 0. The lowest BCUT2D eigenvalue weighted by Crippen LogP contribution is -2.36. The van der Waals surface area contributed by atoms with Crippen LogP contribution in [0.15, 0.2) is 0 Å². The number of rotatable bonds is 8. The van der Waals surface area contributed by atoms with Crippen LogP contribution in [0.2, 0.25) is 0 Å². The van der Waals surface area contributed by atoms with Gasteiger partial charge in [-0.05, 0) is 44.1 Å². The molecular weight excluding hydrogens is 222 g/mol. The van der Waals surface area contributed by atoms with Crippen molar-refractivity contribution in [1.29, 1.82) is 0 Å². The second kappa shape index (κ2) is 7.52. The molecule has 0 aromatic rings. The molecule has 0 bridgehead atoms. The third kappa shape index (κ3) is 4.23. The molecule has 1 saturated heterocycles. The Kier molecular flexibility index (Phi) is 6.71. The second-order valence-corrected chi connectivity index (χ2v) is 5.21. The second-order valence-electron chi connectivity index (χ2n) is 4.94. The molecule has 1 aliphatic rings. The third-order valence-electron chi connectivity index (χ3n) is 3.95. The predicted molar refractivity (Wildman–Crippen MR) is 70.2 cm³/mol. The Bertz CT molecular complexity index is 169. The summed E-state index contributed by atoms with van der Waals surface area (Å²) in [6.45, 7) is 7.51. The summed E-state index contributed by atoms with van der Waals surface area (Å²) >= 11 is 6.07. The first kappa shape index (κ1) is 14.3. The summed E-state index contributed by atoms with van der Waals surface area (Å²) in [6.07, 6.45) is 6.43. The fourth-order valence-electron chi connectivity index (χ4n) is 2.22. The Morgan fingerprint density at radius 3 is 2.62 bits per heavy atom. The first-order chi connectivity index (χ1) is 7.76. The van der Waals surface area contributed by atoms with Crippen molar-refractivity contribution in [3.8, 4) is 0 Å². The highest BCUT2D eigenvalue weighted by molar-refractivity contribution is 6.18. The molecule has 1 heterocycles. The van der Waals surface area contributed by atoms with Crippen molar-refractivity contribution in [2.45, 2.75) is 52.1 Å². The molecule has 3 heteroatoms. The van der Waals surface area contributed by atoms with E-state index in [0.717, 1.165) is 44.8 Å². The zero-order valence-electron chi connectivity index (χ0n) is 10.7. The molecule has 0 aromatic carbocycles. The third-order valence-corrected chi connectivity index (χ3v) is 4.52. The minimum Gasteiger partial charge on any atom is -0.378 e. The predicted octanol–water partition coefficient (Wildman–Crippen LogP) is 3.19. The van der Waals surface area contributed by atoms with Crippen LogP contribution in [0.1, 0.15) is 46.0 Å². The van der Waals surface area contributed by atoms with Gasteiger partial charge in [0.05, 0.1) is 6.10 Å². The van der Waals surface area contributed by atoms with Gasteiger partial charge in [0.1, 0.15) is 0 Å². The van der Waals surface area contributed by atoms with E-state index >= 15 is 0 Å². The van der Waals surface area contributed by atoms with Crippen LogP contribution in [0.5, 0.6) is 0 Å². The molecule has 0 amide bonds. The van der Waals surface area contributed by atoms with Crippen molar-refractivity contribution in [2.75, 3.05) is 25.6 Å². The van der Waals surface area contributed by atoms with Gasteiger partial charge < -0.3 is 10.1 Å². The molecule has 0 saturated carbocycles. The minimum atomic E-state index is 0.290. The highest BCUT2D eigenvalue weighted by Gasteiger charge is 2.24. The Hall–Kier alpha value is 0.210. The van der Waals surface area contributed by atoms with E-state index in [-0.39, 0.29) is 5.41 Å². The average molecular weight is 248 g/mol. The Labute approximate surface area is 105 Å². The highest BCUT2D eigenvalue weighted by atomic mass is 35.5. The molecule has 1 fully saturated rings. The number of ether oxygens (including phenoxy) is 1. The molecule has 1 aliphatic heterocycles. The molecule has 0 spiro atoms. The summed E-state index contributed by atoms with van der Waals surface area (Å²) in [5.74, 6) is 0.757. The van der Waals surface area contributed by atoms with Gasteiger partial charge in [-0.15, -0.1) is 11.6 Å². The molecule has 1 atom stereocenters. The molecule has 16 heavy (non-hydrogen) atoms. The maximum Gasteiger partial charge on any atom is 0.0588 e. The summed E-state index contributed by atoms with van der Waals surface area (Å²) in [5.41, 5.74) is 0.290. The smallest absolute Gasteiger partial charge is 0.0588 e. The fraction of sp³-hybridized carbons (Fsp3) is 1.00. The van der Waals surface area contributed by atoms with E-state index in [4.69, 9.17) is 16.3 Å². The molecule has 2 nitrogen and oxygen atoms in total. The maximum atomic E-state index is 6.07. The monoisotopic (exact) mass is 247 g/mol. The van der Waals surface area contributed by atoms with E-state index in [1.54, 1.807) is 0 Å². The zero-order valence-corrected chi connectivity index (χ0v) is 11.5. The number of hydrogen-bond donors (Lipinski definition) is 1. The van der Waals surface area contributed by atoms with Gasteiger partial charge >= 0.3 is 0 Å². The van der Waals surface area contributed by atoms with Gasteiger partial charge in [0.2, 0.25) is 0 Å². The van der Waals surface area contributed by atoms with Crippen LogP contribution < -0.4 is 5.32 Å². The molecular formula is C13H26ClNO. The Morgan fingerprint density at radius 2 is 2.12 bits per heavy atom. The summed E-state index contributed by atoms with van der Waals surface area (Å²) in [6, 6.07) is 0. The van der Waals surface area contributed by atoms with Gasteiger partial charge in [-0.3, -0.25) is 0 Å². The molecule has 1 rings (SSSR count). The molecule has 0 radical (unpaired) electrons. The van der Waals surface area contributed by atoms with Crippen LogP contribution in [-0.2, 0) is 4.74 Å². The lowest BCUT2D eigenvalue weighted by atomic mass is 9.84. The van der Waals surface area contributed by atoms with Crippen LogP contribution in [0.4, 0.5) is 0 Å². The lowest BCUT2D eigenvalue weighted by molar-refractivity contribution is 0.103. The lowest BCUT2D eigenvalue weighted by Gasteiger charge is -2.29. The van der Waals surface area contributed by atoms with Gasteiger partial charge in [-0.2, -0.15) is 0 Å². The summed E-state index contributed by atoms with van der Waals surface area (Å²) in [7, 11) is 0. The van der Waals surface area contributed by atoms with Crippen molar-refractivity contribution in [3.05, 3.63) is 0 Å².